The minimum atomic E-state index is -0.868. The number of aryl methyl sites for hydroxylation is 1. The molecule has 1 amide bonds. The number of carbonyl (C=O) groups is 2. The molecular formula is C18H21N3O2. The largest absolute Gasteiger partial charge is 0.363 e. The summed E-state index contributed by atoms with van der Waals surface area (Å²) in [4.78, 5) is 26.7. The summed E-state index contributed by atoms with van der Waals surface area (Å²) in [5.41, 5.74) is 7.89. The van der Waals surface area contributed by atoms with Crippen LogP contribution < -0.4 is 5.73 Å². The number of para-hydroxylation sites is 1. The van der Waals surface area contributed by atoms with Gasteiger partial charge in [-0.05, 0) is 45.0 Å². The van der Waals surface area contributed by atoms with Crippen LogP contribution in [0.25, 0.3) is 10.9 Å². The first-order valence-corrected chi connectivity index (χ1v) is 8.18. The summed E-state index contributed by atoms with van der Waals surface area (Å²) in [7, 11) is 2.01. The van der Waals surface area contributed by atoms with Gasteiger partial charge in [-0.3, -0.25) is 9.59 Å². The van der Waals surface area contributed by atoms with Gasteiger partial charge in [0.1, 0.15) is 0 Å². The maximum Gasteiger partial charge on any atom is 0.289 e. The van der Waals surface area contributed by atoms with Crippen molar-refractivity contribution in [3.8, 4) is 0 Å². The number of aromatic nitrogens is 1. The van der Waals surface area contributed by atoms with Crippen LogP contribution in [0.4, 0.5) is 0 Å². The van der Waals surface area contributed by atoms with Crippen LogP contribution in [0.3, 0.4) is 0 Å². The molecule has 0 atom stereocenters. The van der Waals surface area contributed by atoms with Crippen molar-refractivity contribution in [3.63, 3.8) is 0 Å². The van der Waals surface area contributed by atoms with Gasteiger partial charge >= 0.3 is 0 Å². The van der Waals surface area contributed by atoms with Crippen LogP contribution in [0.1, 0.15) is 35.3 Å². The fourth-order valence-corrected chi connectivity index (χ4v) is 4.55. The van der Waals surface area contributed by atoms with E-state index >= 15 is 0 Å². The Morgan fingerprint density at radius 2 is 1.70 bits per heavy atom. The second-order valence-electron chi connectivity index (χ2n) is 6.87. The number of rotatable bonds is 3. The highest BCUT2D eigenvalue weighted by Gasteiger charge is 2.45. The molecule has 4 heterocycles. The Balaban J connectivity index is 2.02. The predicted molar refractivity (Wildman–Crippen MR) is 88.4 cm³/mol. The number of piperidine rings is 3. The number of ketones is 1. The molecule has 5 rings (SSSR count). The third-order valence-corrected chi connectivity index (χ3v) is 5.78. The van der Waals surface area contributed by atoms with Gasteiger partial charge in [0.2, 0.25) is 0 Å². The summed E-state index contributed by atoms with van der Waals surface area (Å²) in [5.74, 6) is -1.42. The van der Waals surface area contributed by atoms with Crippen molar-refractivity contribution in [1.29, 1.82) is 0 Å². The fourth-order valence-electron chi connectivity index (χ4n) is 4.55. The fraction of sp³-hybridized carbons (Fsp3) is 0.444. The lowest BCUT2D eigenvalue weighted by atomic mass is 9.68. The number of Topliss-reactive ketones (excluding diaryl/α,β-unsaturated/α-hetero) is 1. The average Bonchev–Trinajstić information content (AvgIpc) is 2.89. The standard InChI is InChI=1S/C18H21N3O2/c1-20-13-5-3-2-4-12(13)14(15(22)17(19)23)16(20)18-6-9-21(10-7-18)11-8-18/h2-5H,6-11H2,1H3,(H2,19,23). The Bertz CT molecular complexity index is 799. The number of fused-ring (bicyclic) bond motifs is 4. The van der Waals surface area contributed by atoms with E-state index in [4.69, 9.17) is 5.73 Å². The Kier molecular flexibility index (Phi) is 3.10. The molecule has 3 fully saturated rings. The van der Waals surface area contributed by atoms with Crippen LogP contribution in [0, 0.1) is 0 Å². The number of hydrogen-bond acceptors (Lipinski definition) is 3. The highest BCUT2D eigenvalue weighted by Crippen LogP contribution is 2.46. The third kappa shape index (κ3) is 1.96. The van der Waals surface area contributed by atoms with Crippen LogP contribution in [-0.2, 0) is 17.3 Å². The second kappa shape index (κ2) is 4.93. The van der Waals surface area contributed by atoms with Gasteiger partial charge in [0.15, 0.2) is 0 Å². The SMILES string of the molecule is Cn1c(C23CCN(CC2)CC3)c(C(=O)C(N)=O)c2ccccc21. The molecule has 3 saturated heterocycles. The molecule has 0 aliphatic carbocycles. The van der Waals surface area contributed by atoms with Crippen molar-refractivity contribution < 1.29 is 9.59 Å². The van der Waals surface area contributed by atoms with Gasteiger partial charge < -0.3 is 15.2 Å². The predicted octanol–water partition coefficient (Wildman–Crippen LogP) is 1.58. The van der Waals surface area contributed by atoms with Crippen molar-refractivity contribution in [3.05, 3.63) is 35.5 Å². The molecule has 0 radical (unpaired) electrons. The van der Waals surface area contributed by atoms with Crippen LogP contribution >= 0.6 is 0 Å². The zero-order valence-electron chi connectivity index (χ0n) is 13.3. The first-order valence-electron chi connectivity index (χ1n) is 8.18. The lowest BCUT2D eigenvalue weighted by Crippen LogP contribution is -2.51. The Morgan fingerprint density at radius 1 is 1.09 bits per heavy atom. The van der Waals surface area contributed by atoms with Crippen LogP contribution in [-0.4, -0.2) is 40.8 Å². The molecule has 5 nitrogen and oxygen atoms in total. The zero-order chi connectivity index (χ0) is 16.2. The average molecular weight is 311 g/mol. The van der Waals surface area contributed by atoms with E-state index in [0.29, 0.717) is 5.56 Å². The van der Waals surface area contributed by atoms with Crippen molar-refractivity contribution in [2.24, 2.45) is 12.8 Å². The summed E-state index contributed by atoms with van der Waals surface area (Å²) in [5, 5.41) is 0.844. The molecule has 2 bridgehead atoms. The van der Waals surface area contributed by atoms with Gasteiger partial charge in [-0.15, -0.1) is 0 Å². The summed E-state index contributed by atoms with van der Waals surface area (Å²) in [6.07, 6.45) is 3.11. The summed E-state index contributed by atoms with van der Waals surface area (Å²) in [6, 6.07) is 7.80. The number of benzene rings is 1. The smallest absolute Gasteiger partial charge is 0.289 e. The number of hydrogen-bond donors (Lipinski definition) is 1. The molecular weight excluding hydrogens is 290 g/mol. The topological polar surface area (TPSA) is 68.3 Å². The van der Waals surface area contributed by atoms with E-state index in [1.165, 1.54) is 0 Å². The molecule has 0 unspecified atom stereocenters. The summed E-state index contributed by atoms with van der Waals surface area (Å²) < 4.78 is 2.12. The molecule has 23 heavy (non-hydrogen) atoms. The molecule has 3 aliphatic rings. The minimum Gasteiger partial charge on any atom is -0.363 e. The normalized spacial score (nSPS) is 26.6. The van der Waals surface area contributed by atoms with Gasteiger partial charge in [-0.1, -0.05) is 18.2 Å². The van der Waals surface area contributed by atoms with E-state index in [-0.39, 0.29) is 5.41 Å². The number of nitrogens with two attached hydrogens (primary N) is 1. The Labute approximate surface area is 135 Å². The molecule has 0 saturated carbocycles. The molecule has 2 N–H and O–H groups in total. The van der Waals surface area contributed by atoms with Crippen molar-refractivity contribution in [2.75, 3.05) is 19.6 Å². The monoisotopic (exact) mass is 311 g/mol. The lowest BCUT2D eigenvalue weighted by molar-refractivity contribution is -0.114. The van der Waals surface area contributed by atoms with Crippen LogP contribution in [0.5, 0.6) is 0 Å². The summed E-state index contributed by atoms with van der Waals surface area (Å²) >= 11 is 0. The highest BCUT2D eigenvalue weighted by atomic mass is 16.2. The number of amides is 1. The van der Waals surface area contributed by atoms with Gasteiger partial charge in [0.25, 0.3) is 11.7 Å². The Morgan fingerprint density at radius 3 is 2.30 bits per heavy atom. The zero-order valence-corrected chi connectivity index (χ0v) is 13.3. The van der Waals surface area contributed by atoms with Crippen LogP contribution in [0.15, 0.2) is 24.3 Å². The number of nitrogens with zero attached hydrogens (tertiary/aromatic N) is 2. The van der Waals surface area contributed by atoms with E-state index in [0.717, 1.165) is 55.5 Å². The Hall–Kier alpha value is -2.14. The highest BCUT2D eigenvalue weighted by molar-refractivity contribution is 6.45. The molecule has 1 aromatic carbocycles. The van der Waals surface area contributed by atoms with E-state index in [1.54, 1.807) is 0 Å². The van der Waals surface area contributed by atoms with E-state index in [9.17, 15) is 9.59 Å². The molecule has 0 spiro atoms. The van der Waals surface area contributed by atoms with Gasteiger partial charge in [0, 0.05) is 29.1 Å². The third-order valence-electron chi connectivity index (χ3n) is 5.78. The first-order chi connectivity index (χ1) is 11.0. The van der Waals surface area contributed by atoms with E-state index in [1.807, 2.05) is 31.3 Å². The molecule has 120 valence electrons. The van der Waals surface area contributed by atoms with E-state index < -0.39 is 11.7 Å². The van der Waals surface area contributed by atoms with Crippen molar-refractivity contribution >= 4 is 22.6 Å². The van der Waals surface area contributed by atoms with Crippen molar-refractivity contribution in [2.45, 2.75) is 24.7 Å². The quantitative estimate of drug-likeness (QED) is 0.691. The molecule has 2 aromatic rings. The summed E-state index contributed by atoms with van der Waals surface area (Å²) in [6.45, 7) is 3.18. The molecule has 1 aromatic heterocycles. The van der Waals surface area contributed by atoms with Crippen LogP contribution in [0.2, 0.25) is 0 Å². The first kappa shape index (κ1) is 14.5. The van der Waals surface area contributed by atoms with Gasteiger partial charge in [-0.25, -0.2) is 0 Å². The van der Waals surface area contributed by atoms with E-state index in [2.05, 4.69) is 9.47 Å². The number of carbonyl (C=O) groups excluding carboxylic acids is 2. The number of primary amides is 1. The lowest BCUT2D eigenvalue weighted by Gasteiger charge is -2.49. The minimum absolute atomic E-state index is 0.0109. The molecule has 5 heteroatoms. The molecule has 3 aliphatic heterocycles. The van der Waals surface area contributed by atoms with Gasteiger partial charge in [-0.2, -0.15) is 0 Å². The van der Waals surface area contributed by atoms with Crippen molar-refractivity contribution in [1.82, 2.24) is 9.47 Å². The second-order valence-corrected chi connectivity index (χ2v) is 6.87. The van der Waals surface area contributed by atoms with Gasteiger partial charge in [0.05, 0.1) is 5.56 Å². The maximum atomic E-state index is 12.6. The maximum absolute atomic E-state index is 12.6.